The van der Waals surface area contributed by atoms with Crippen molar-refractivity contribution < 1.29 is 38.1 Å². The van der Waals surface area contributed by atoms with Gasteiger partial charge in [-0.15, -0.1) is 0 Å². The van der Waals surface area contributed by atoms with Crippen molar-refractivity contribution in [3.05, 3.63) is 0 Å². The van der Waals surface area contributed by atoms with Crippen LogP contribution in [0, 0.1) is 0 Å². The number of imide groups is 1. The monoisotopic (exact) mass is 406 g/mol. The average molecular weight is 406 g/mol. The molecule has 0 aromatic rings. The Hall–Kier alpha value is -1.59. The summed E-state index contributed by atoms with van der Waals surface area (Å²) in [5.41, 5.74) is 5.51. The smallest absolute Gasteiger partial charge is 0.329 e. The number of unbranched alkanes of at least 4 members (excludes halogenated alkanes) is 1. The summed E-state index contributed by atoms with van der Waals surface area (Å²) < 4.78 is 25.2. The molecule has 0 rings (SSSR count). The summed E-state index contributed by atoms with van der Waals surface area (Å²) in [6, 6.07) is -1.05. The van der Waals surface area contributed by atoms with Crippen LogP contribution >= 0.6 is 0 Å². The lowest BCUT2D eigenvalue weighted by Gasteiger charge is -2.28. The Morgan fingerprint density at radius 1 is 0.893 bits per heavy atom. The molecule has 0 fully saturated rings. The third-order valence-corrected chi connectivity index (χ3v) is 3.65. The van der Waals surface area contributed by atoms with Crippen molar-refractivity contribution in [3.8, 4) is 0 Å². The van der Waals surface area contributed by atoms with Gasteiger partial charge < -0.3 is 29.4 Å². The zero-order valence-electron chi connectivity index (χ0n) is 17.1. The minimum atomic E-state index is -1.05. The number of hydrogen-bond acceptors (Lipinski definition) is 9. The Morgan fingerprint density at radius 3 is 1.86 bits per heavy atom. The number of carbonyl (C=O) groups excluding carboxylic acids is 3. The molecule has 0 saturated heterocycles. The summed E-state index contributed by atoms with van der Waals surface area (Å²) in [6.07, 6.45) is 1.47. The van der Waals surface area contributed by atoms with Gasteiger partial charge >= 0.3 is 5.97 Å². The molecule has 0 heterocycles. The number of hydrogen-bond donors (Lipinski definition) is 1. The highest BCUT2D eigenvalue weighted by atomic mass is 16.5. The standard InChI is InChI=1S/C18H34N2O8/c1-4-28-18(23)15(7-5-6-8-19)20(16(21)13-26-11-9-24-2)17(22)14-27-12-10-25-3/h15H,4-14,19H2,1-3H3/t15-/m0/s1. The fraction of sp³-hybridized carbons (Fsp3) is 0.833. The lowest BCUT2D eigenvalue weighted by Crippen LogP contribution is -2.52. The van der Waals surface area contributed by atoms with Gasteiger partial charge in [-0.1, -0.05) is 0 Å². The van der Waals surface area contributed by atoms with Gasteiger partial charge in [-0.05, 0) is 32.7 Å². The van der Waals surface area contributed by atoms with E-state index in [0.717, 1.165) is 4.90 Å². The highest BCUT2D eigenvalue weighted by molar-refractivity contribution is 6.00. The molecule has 28 heavy (non-hydrogen) atoms. The molecule has 10 heteroatoms. The quantitative estimate of drug-likeness (QED) is 0.256. The van der Waals surface area contributed by atoms with E-state index in [-0.39, 0.29) is 39.5 Å². The van der Waals surface area contributed by atoms with E-state index in [0.29, 0.717) is 32.6 Å². The van der Waals surface area contributed by atoms with E-state index >= 15 is 0 Å². The molecule has 2 N–H and O–H groups in total. The molecule has 2 amide bonds. The van der Waals surface area contributed by atoms with Gasteiger partial charge in [-0.3, -0.25) is 14.5 Å². The van der Waals surface area contributed by atoms with Crippen LogP contribution in [-0.4, -0.2) is 95.7 Å². The molecular formula is C18H34N2O8. The molecule has 1 atom stereocenters. The minimum Gasteiger partial charge on any atom is -0.464 e. The van der Waals surface area contributed by atoms with Crippen molar-refractivity contribution in [2.24, 2.45) is 5.73 Å². The van der Waals surface area contributed by atoms with Crippen LogP contribution in [0.25, 0.3) is 0 Å². The summed E-state index contributed by atoms with van der Waals surface area (Å²) in [6.45, 7) is 2.50. The predicted molar refractivity (Wildman–Crippen MR) is 101 cm³/mol. The first-order valence-corrected chi connectivity index (χ1v) is 9.38. The molecule has 10 nitrogen and oxygen atoms in total. The van der Waals surface area contributed by atoms with E-state index < -0.39 is 23.8 Å². The summed E-state index contributed by atoms with van der Waals surface area (Å²) in [5, 5.41) is 0. The lowest BCUT2D eigenvalue weighted by molar-refractivity contribution is -0.165. The maximum atomic E-state index is 12.6. The second-order valence-electron chi connectivity index (χ2n) is 5.80. The molecule has 0 radical (unpaired) electrons. The molecule has 0 aromatic heterocycles. The Morgan fingerprint density at radius 2 is 1.43 bits per heavy atom. The van der Waals surface area contributed by atoms with Crippen LogP contribution in [0.15, 0.2) is 0 Å². The van der Waals surface area contributed by atoms with Crippen LogP contribution in [-0.2, 0) is 38.1 Å². The minimum absolute atomic E-state index is 0.136. The Balaban J connectivity index is 5.23. The molecule has 0 saturated carbocycles. The number of esters is 1. The topological polar surface area (TPSA) is 127 Å². The van der Waals surface area contributed by atoms with Gasteiger partial charge in [0.05, 0.1) is 33.0 Å². The van der Waals surface area contributed by atoms with Crippen molar-refractivity contribution >= 4 is 17.8 Å². The van der Waals surface area contributed by atoms with Gasteiger partial charge in [-0.25, -0.2) is 4.79 Å². The Kier molecular flexibility index (Phi) is 16.5. The molecule has 0 aliphatic heterocycles. The zero-order chi connectivity index (χ0) is 21.2. The molecule has 0 unspecified atom stereocenters. The number of nitrogens with zero attached hydrogens (tertiary/aromatic N) is 1. The number of ether oxygens (including phenoxy) is 5. The molecule has 164 valence electrons. The van der Waals surface area contributed by atoms with Crippen LogP contribution in [0.1, 0.15) is 26.2 Å². The van der Waals surface area contributed by atoms with Crippen LogP contribution in [0.3, 0.4) is 0 Å². The van der Waals surface area contributed by atoms with E-state index in [2.05, 4.69) is 0 Å². The Labute approximate surface area is 166 Å². The molecule has 0 aliphatic rings. The van der Waals surface area contributed by atoms with Crippen LogP contribution in [0.4, 0.5) is 0 Å². The van der Waals surface area contributed by atoms with Gasteiger partial charge in [0, 0.05) is 14.2 Å². The molecule has 0 bridgehead atoms. The zero-order valence-corrected chi connectivity index (χ0v) is 17.1. The third kappa shape index (κ3) is 11.3. The summed E-state index contributed by atoms with van der Waals surface area (Å²) in [5.74, 6) is -1.92. The average Bonchev–Trinajstić information content (AvgIpc) is 2.68. The first-order valence-electron chi connectivity index (χ1n) is 9.38. The highest BCUT2D eigenvalue weighted by Gasteiger charge is 2.35. The van der Waals surface area contributed by atoms with Crippen molar-refractivity contribution in [2.75, 3.05) is 67.0 Å². The predicted octanol–water partition coefficient (Wildman–Crippen LogP) is -0.272. The maximum absolute atomic E-state index is 12.6. The number of methoxy groups -OCH3 is 2. The summed E-state index contributed by atoms with van der Waals surface area (Å²) >= 11 is 0. The van der Waals surface area contributed by atoms with E-state index in [9.17, 15) is 14.4 Å². The van der Waals surface area contributed by atoms with Crippen LogP contribution < -0.4 is 5.73 Å². The maximum Gasteiger partial charge on any atom is 0.329 e. The molecular weight excluding hydrogens is 372 g/mol. The molecule has 0 aliphatic carbocycles. The van der Waals surface area contributed by atoms with Crippen molar-refractivity contribution in [3.63, 3.8) is 0 Å². The number of amides is 2. The summed E-state index contributed by atoms with van der Waals surface area (Å²) in [7, 11) is 3.01. The van der Waals surface area contributed by atoms with E-state index in [4.69, 9.17) is 29.4 Å². The van der Waals surface area contributed by atoms with Gasteiger partial charge in [0.2, 0.25) is 0 Å². The molecule has 0 spiro atoms. The second-order valence-corrected chi connectivity index (χ2v) is 5.80. The van der Waals surface area contributed by atoms with Gasteiger partial charge in [0.15, 0.2) is 0 Å². The number of carbonyl (C=O) groups is 3. The lowest BCUT2D eigenvalue weighted by atomic mass is 10.1. The van der Waals surface area contributed by atoms with Gasteiger partial charge in [0.1, 0.15) is 19.3 Å². The second kappa shape index (κ2) is 17.5. The van der Waals surface area contributed by atoms with Gasteiger partial charge in [-0.2, -0.15) is 0 Å². The first-order chi connectivity index (χ1) is 13.5. The Bertz CT molecular complexity index is 423. The van der Waals surface area contributed by atoms with E-state index in [1.165, 1.54) is 14.2 Å². The normalized spacial score (nSPS) is 11.9. The van der Waals surface area contributed by atoms with Gasteiger partial charge in [0.25, 0.3) is 11.8 Å². The summed E-state index contributed by atoms with van der Waals surface area (Å²) in [4.78, 5) is 38.6. The molecule has 0 aromatic carbocycles. The van der Waals surface area contributed by atoms with Crippen LogP contribution in [0.5, 0.6) is 0 Å². The van der Waals surface area contributed by atoms with E-state index in [1.807, 2.05) is 0 Å². The third-order valence-electron chi connectivity index (χ3n) is 3.65. The first kappa shape index (κ1) is 26.4. The fourth-order valence-electron chi connectivity index (χ4n) is 2.30. The fourth-order valence-corrected chi connectivity index (χ4v) is 2.30. The van der Waals surface area contributed by atoms with Crippen molar-refractivity contribution in [2.45, 2.75) is 32.2 Å². The number of nitrogens with two attached hydrogens (primary N) is 1. The number of rotatable bonds is 17. The van der Waals surface area contributed by atoms with Crippen molar-refractivity contribution in [1.82, 2.24) is 4.90 Å². The SMILES string of the molecule is CCOC(=O)[C@H](CCCCN)N(C(=O)COCCOC)C(=O)COCCOC. The largest absolute Gasteiger partial charge is 0.464 e. The van der Waals surface area contributed by atoms with Crippen molar-refractivity contribution in [1.29, 1.82) is 0 Å². The van der Waals surface area contributed by atoms with Crippen LogP contribution in [0.2, 0.25) is 0 Å². The highest BCUT2D eigenvalue weighted by Crippen LogP contribution is 2.13. The van der Waals surface area contributed by atoms with E-state index in [1.54, 1.807) is 6.92 Å².